The maximum absolute atomic E-state index is 14.1. The Morgan fingerprint density at radius 2 is 1.77 bits per heavy atom. The van der Waals surface area contributed by atoms with E-state index in [1.165, 1.54) is 23.3 Å². The molecule has 2 aromatic rings. The van der Waals surface area contributed by atoms with Crippen molar-refractivity contribution in [2.75, 3.05) is 6.61 Å². The minimum atomic E-state index is -0.595. The van der Waals surface area contributed by atoms with E-state index >= 15 is 0 Å². The molecule has 5 heteroatoms. The largest absolute Gasteiger partial charge is 0.495 e. The first-order valence-electron chi connectivity index (χ1n) is 9.12. The Balaban J connectivity index is 1.48. The molecule has 3 nitrogen and oxygen atoms in total. The molecule has 1 aliphatic heterocycles. The predicted molar refractivity (Wildman–Crippen MR) is 100 cm³/mol. The molecule has 0 radical (unpaired) electrons. The summed E-state index contributed by atoms with van der Waals surface area (Å²) < 4.78 is 32.1. The molecule has 26 heavy (non-hydrogen) atoms. The summed E-state index contributed by atoms with van der Waals surface area (Å²) in [6, 6.07) is 13.1. The van der Waals surface area contributed by atoms with Gasteiger partial charge in [-0.2, -0.15) is 0 Å². The minimum absolute atomic E-state index is 0.346. The molecule has 0 bridgehead atoms. The van der Waals surface area contributed by atoms with Crippen molar-refractivity contribution in [3.63, 3.8) is 0 Å². The van der Waals surface area contributed by atoms with Crippen LogP contribution in [0.4, 0.5) is 4.39 Å². The Morgan fingerprint density at radius 3 is 2.46 bits per heavy atom. The highest BCUT2D eigenvalue weighted by atomic mass is 19.1. The zero-order chi connectivity index (χ0) is 18.5. The molecule has 1 aliphatic carbocycles. The molecule has 0 saturated carbocycles. The second-order valence-electron chi connectivity index (χ2n) is 8.22. The summed E-state index contributed by atoms with van der Waals surface area (Å²) in [4.78, 5) is 0. The molecule has 4 rings (SSSR count). The zero-order valence-electron chi connectivity index (χ0n) is 15.7. The third-order valence-corrected chi connectivity index (χ3v) is 5.83. The number of rotatable bonds is 4. The van der Waals surface area contributed by atoms with Crippen molar-refractivity contribution in [3.8, 4) is 5.75 Å². The van der Waals surface area contributed by atoms with E-state index in [0.717, 1.165) is 6.42 Å². The van der Waals surface area contributed by atoms with Crippen LogP contribution in [0.5, 0.6) is 5.75 Å². The van der Waals surface area contributed by atoms with Gasteiger partial charge in [-0.15, -0.1) is 0 Å². The number of hydrogen-bond donors (Lipinski definition) is 0. The van der Waals surface area contributed by atoms with Gasteiger partial charge in [0.1, 0.15) is 11.6 Å². The first kappa shape index (κ1) is 17.6. The summed E-state index contributed by atoms with van der Waals surface area (Å²) in [7, 11) is -0.595. The molecule has 2 aliphatic rings. The van der Waals surface area contributed by atoms with Gasteiger partial charge in [-0.3, -0.25) is 0 Å². The van der Waals surface area contributed by atoms with Gasteiger partial charge in [0.2, 0.25) is 0 Å². The monoisotopic (exact) mass is 354 g/mol. The number of halogens is 1. The lowest BCUT2D eigenvalue weighted by Gasteiger charge is -2.32. The third kappa shape index (κ3) is 3.04. The third-order valence-electron chi connectivity index (χ3n) is 5.83. The van der Waals surface area contributed by atoms with Gasteiger partial charge in [0, 0.05) is 12.0 Å². The van der Waals surface area contributed by atoms with Crippen LogP contribution in [0.1, 0.15) is 44.7 Å². The maximum Gasteiger partial charge on any atom is 0.495 e. The van der Waals surface area contributed by atoms with E-state index in [1.54, 1.807) is 0 Å². The highest BCUT2D eigenvalue weighted by Crippen LogP contribution is 2.37. The van der Waals surface area contributed by atoms with E-state index < -0.39 is 18.3 Å². The van der Waals surface area contributed by atoms with Gasteiger partial charge >= 0.3 is 7.12 Å². The van der Waals surface area contributed by atoms with Gasteiger partial charge in [0.05, 0.1) is 17.8 Å². The standard InChI is InChI=1S/C21H24BFO3/c1-20(2)21(3,4)26-22(25-20)16-10-17(23)12-18(11-16)24-13-15-9-14-7-5-6-8-19(14)15/h5-8,10-12,15H,9,13H2,1-4H3. The topological polar surface area (TPSA) is 27.7 Å². The average Bonchev–Trinajstić information content (AvgIpc) is 2.76. The molecule has 0 aromatic heterocycles. The Bertz CT molecular complexity index is 818. The molecule has 0 N–H and O–H groups in total. The summed E-state index contributed by atoms with van der Waals surface area (Å²) in [6.07, 6.45) is 1.01. The Hall–Kier alpha value is -1.85. The molecule has 1 saturated heterocycles. The van der Waals surface area contributed by atoms with E-state index in [-0.39, 0.29) is 5.82 Å². The van der Waals surface area contributed by atoms with Crippen molar-refractivity contribution in [2.45, 2.75) is 51.2 Å². The van der Waals surface area contributed by atoms with Gasteiger partial charge in [0.15, 0.2) is 0 Å². The van der Waals surface area contributed by atoms with E-state index in [2.05, 4.69) is 18.2 Å². The summed E-state index contributed by atoms with van der Waals surface area (Å²) in [5.41, 5.74) is 2.43. The Morgan fingerprint density at radius 1 is 1.08 bits per heavy atom. The van der Waals surface area contributed by atoms with Crippen LogP contribution in [-0.4, -0.2) is 24.9 Å². The van der Waals surface area contributed by atoms with Crippen molar-refractivity contribution in [2.24, 2.45) is 0 Å². The molecule has 0 spiro atoms. The second kappa shape index (κ2) is 6.10. The van der Waals surface area contributed by atoms with Gasteiger partial charge < -0.3 is 14.0 Å². The van der Waals surface area contributed by atoms with Crippen LogP contribution >= 0.6 is 0 Å². The molecule has 1 fully saturated rings. The number of hydrogen-bond acceptors (Lipinski definition) is 3. The quantitative estimate of drug-likeness (QED) is 0.781. The second-order valence-corrected chi connectivity index (χ2v) is 8.22. The van der Waals surface area contributed by atoms with Crippen molar-refractivity contribution in [1.29, 1.82) is 0 Å². The van der Waals surface area contributed by atoms with Crippen LogP contribution in [0.25, 0.3) is 0 Å². The summed E-state index contributed by atoms with van der Waals surface area (Å²) >= 11 is 0. The average molecular weight is 354 g/mol. The smallest absolute Gasteiger partial charge is 0.493 e. The lowest BCUT2D eigenvalue weighted by Crippen LogP contribution is -2.41. The molecule has 0 amide bonds. The van der Waals surface area contributed by atoms with E-state index in [9.17, 15) is 4.39 Å². The normalized spacial score (nSPS) is 22.7. The van der Waals surface area contributed by atoms with Crippen LogP contribution < -0.4 is 10.2 Å². The van der Waals surface area contributed by atoms with Crippen molar-refractivity contribution in [3.05, 3.63) is 59.4 Å². The van der Waals surface area contributed by atoms with E-state index in [0.29, 0.717) is 23.7 Å². The lowest BCUT2D eigenvalue weighted by molar-refractivity contribution is 0.00578. The first-order chi connectivity index (χ1) is 12.2. The maximum atomic E-state index is 14.1. The first-order valence-corrected chi connectivity index (χ1v) is 9.12. The number of benzene rings is 2. The van der Waals surface area contributed by atoms with Crippen molar-refractivity contribution < 1.29 is 18.4 Å². The molecule has 1 unspecified atom stereocenters. The van der Waals surface area contributed by atoms with E-state index in [1.807, 2.05) is 39.8 Å². The fourth-order valence-electron chi connectivity index (χ4n) is 3.49. The predicted octanol–water partition coefficient (Wildman–Crippen LogP) is 3.84. The molecule has 1 atom stereocenters. The number of ether oxygens (including phenoxy) is 1. The van der Waals surface area contributed by atoms with Crippen LogP contribution in [-0.2, 0) is 15.7 Å². The molecule has 1 heterocycles. The van der Waals surface area contributed by atoms with Crippen LogP contribution in [0.3, 0.4) is 0 Å². The van der Waals surface area contributed by atoms with Gasteiger partial charge in [0.25, 0.3) is 0 Å². The molecular weight excluding hydrogens is 330 g/mol. The fourth-order valence-corrected chi connectivity index (χ4v) is 3.49. The zero-order valence-corrected chi connectivity index (χ0v) is 15.7. The molecular formula is C21H24BFO3. The molecule has 2 aromatic carbocycles. The van der Waals surface area contributed by atoms with Crippen LogP contribution in [0, 0.1) is 5.82 Å². The van der Waals surface area contributed by atoms with Crippen LogP contribution in [0.15, 0.2) is 42.5 Å². The van der Waals surface area contributed by atoms with Gasteiger partial charge in [-0.05, 0) is 62.8 Å². The highest BCUT2D eigenvalue weighted by Gasteiger charge is 2.51. The van der Waals surface area contributed by atoms with E-state index in [4.69, 9.17) is 14.0 Å². The summed E-state index contributed by atoms with van der Waals surface area (Å²) in [5, 5.41) is 0. The van der Waals surface area contributed by atoms with Crippen molar-refractivity contribution in [1.82, 2.24) is 0 Å². The summed E-state index contributed by atoms with van der Waals surface area (Å²) in [5.74, 6) is 0.537. The summed E-state index contributed by atoms with van der Waals surface area (Å²) in [6.45, 7) is 8.48. The molecule has 136 valence electrons. The fraction of sp³-hybridized carbons (Fsp3) is 0.429. The minimum Gasteiger partial charge on any atom is -0.493 e. The Kier molecular flexibility index (Phi) is 4.12. The highest BCUT2D eigenvalue weighted by molar-refractivity contribution is 6.62. The SMILES string of the molecule is CC1(C)OB(c2cc(F)cc(OCC3Cc4ccccc43)c2)OC1(C)C. The Labute approximate surface area is 154 Å². The van der Waals surface area contributed by atoms with Crippen LogP contribution in [0.2, 0.25) is 0 Å². The lowest BCUT2D eigenvalue weighted by atomic mass is 9.78. The van der Waals surface area contributed by atoms with Crippen molar-refractivity contribution >= 4 is 12.6 Å². The number of fused-ring (bicyclic) bond motifs is 1. The van der Waals surface area contributed by atoms with Gasteiger partial charge in [-0.1, -0.05) is 24.3 Å². The van der Waals surface area contributed by atoms with Gasteiger partial charge in [-0.25, -0.2) is 4.39 Å².